The minimum atomic E-state index is 0.0189. The molecule has 0 saturated carbocycles. The molecular formula is C19H23NO2. The quantitative estimate of drug-likeness (QED) is 0.831. The number of benzene rings is 2. The lowest BCUT2D eigenvalue weighted by Crippen LogP contribution is -2.30. The van der Waals surface area contributed by atoms with Gasteiger partial charge in [0, 0.05) is 24.9 Å². The van der Waals surface area contributed by atoms with Crippen molar-refractivity contribution in [3.05, 3.63) is 64.7 Å². The molecule has 0 aliphatic carbocycles. The topological polar surface area (TPSA) is 29.5 Å². The van der Waals surface area contributed by atoms with Gasteiger partial charge < -0.3 is 9.64 Å². The van der Waals surface area contributed by atoms with Crippen LogP contribution < -0.4 is 4.90 Å². The standard InChI is InChI=1S/C19H23NO2/c1-5-20(18-10-14(2)9-15(3)11-18)19(21)17-8-6-7-16(12-17)13-22-4/h6-12H,5,13H2,1-4H3. The highest BCUT2D eigenvalue weighted by Crippen LogP contribution is 2.21. The van der Waals surface area contributed by atoms with Crippen molar-refractivity contribution in [2.75, 3.05) is 18.6 Å². The number of carbonyl (C=O) groups is 1. The van der Waals surface area contributed by atoms with Crippen molar-refractivity contribution in [1.29, 1.82) is 0 Å². The average Bonchev–Trinajstić information content (AvgIpc) is 2.47. The molecule has 0 saturated heterocycles. The highest BCUT2D eigenvalue weighted by atomic mass is 16.5. The summed E-state index contributed by atoms with van der Waals surface area (Å²) in [6, 6.07) is 13.8. The minimum Gasteiger partial charge on any atom is -0.380 e. The second-order valence-electron chi connectivity index (χ2n) is 5.53. The largest absolute Gasteiger partial charge is 0.380 e. The van der Waals surface area contributed by atoms with Crippen LogP contribution >= 0.6 is 0 Å². The number of nitrogens with zero attached hydrogens (tertiary/aromatic N) is 1. The summed E-state index contributed by atoms with van der Waals surface area (Å²) in [4.78, 5) is 14.7. The Morgan fingerprint density at radius 1 is 1.09 bits per heavy atom. The molecule has 2 aromatic carbocycles. The Bertz CT molecular complexity index is 644. The van der Waals surface area contributed by atoms with Crippen LogP contribution in [0.5, 0.6) is 0 Å². The highest BCUT2D eigenvalue weighted by Gasteiger charge is 2.16. The number of rotatable bonds is 5. The smallest absolute Gasteiger partial charge is 0.258 e. The fraction of sp³-hybridized carbons (Fsp3) is 0.316. The Morgan fingerprint density at radius 2 is 1.77 bits per heavy atom. The molecule has 0 spiro atoms. The molecule has 0 aliphatic rings. The van der Waals surface area contributed by atoms with E-state index in [1.54, 1.807) is 7.11 Å². The van der Waals surface area contributed by atoms with E-state index in [2.05, 4.69) is 6.07 Å². The van der Waals surface area contributed by atoms with Gasteiger partial charge >= 0.3 is 0 Å². The molecule has 0 aromatic heterocycles. The van der Waals surface area contributed by atoms with Gasteiger partial charge in [-0.2, -0.15) is 0 Å². The van der Waals surface area contributed by atoms with Crippen LogP contribution in [0.25, 0.3) is 0 Å². The van der Waals surface area contributed by atoms with Crippen molar-refractivity contribution in [2.24, 2.45) is 0 Å². The third-order valence-corrected chi connectivity index (χ3v) is 3.56. The molecule has 1 amide bonds. The number of methoxy groups -OCH3 is 1. The predicted molar refractivity (Wildman–Crippen MR) is 90.4 cm³/mol. The fourth-order valence-electron chi connectivity index (χ4n) is 2.67. The van der Waals surface area contributed by atoms with Crippen LogP contribution in [0.2, 0.25) is 0 Å². The number of aryl methyl sites for hydroxylation is 2. The van der Waals surface area contributed by atoms with Gasteiger partial charge in [-0.25, -0.2) is 0 Å². The molecule has 116 valence electrons. The van der Waals surface area contributed by atoms with Crippen molar-refractivity contribution < 1.29 is 9.53 Å². The van der Waals surface area contributed by atoms with Crippen molar-refractivity contribution in [3.63, 3.8) is 0 Å². The molecule has 2 rings (SSSR count). The lowest BCUT2D eigenvalue weighted by molar-refractivity contribution is 0.0988. The van der Waals surface area contributed by atoms with Gasteiger partial charge in [0.1, 0.15) is 0 Å². The van der Waals surface area contributed by atoms with Crippen LogP contribution in [-0.2, 0) is 11.3 Å². The number of amides is 1. The van der Waals surface area contributed by atoms with Crippen molar-refractivity contribution >= 4 is 11.6 Å². The molecule has 0 N–H and O–H groups in total. The molecule has 0 fully saturated rings. The monoisotopic (exact) mass is 297 g/mol. The molecule has 0 atom stereocenters. The van der Waals surface area contributed by atoms with E-state index >= 15 is 0 Å². The van der Waals surface area contributed by atoms with Crippen LogP contribution in [-0.4, -0.2) is 19.6 Å². The summed E-state index contributed by atoms with van der Waals surface area (Å²) >= 11 is 0. The normalized spacial score (nSPS) is 10.5. The molecule has 0 aliphatic heterocycles. The third-order valence-electron chi connectivity index (χ3n) is 3.56. The van der Waals surface area contributed by atoms with E-state index in [-0.39, 0.29) is 5.91 Å². The average molecular weight is 297 g/mol. The molecule has 0 bridgehead atoms. The molecule has 0 unspecified atom stereocenters. The highest BCUT2D eigenvalue weighted by molar-refractivity contribution is 6.06. The number of ether oxygens (including phenoxy) is 1. The number of hydrogen-bond acceptors (Lipinski definition) is 2. The van der Waals surface area contributed by atoms with E-state index in [4.69, 9.17) is 4.74 Å². The zero-order valence-corrected chi connectivity index (χ0v) is 13.7. The third kappa shape index (κ3) is 3.74. The minimum absolute atomic E-state index is 0.0189. The summed E-state index contributed by atoms with van der Waals surface area (Å²) in [5, 5.41) is 0. The van der Waals surface area contributed by atoms with E-state index in [0.717, 1.165) is 22.4 Å². The van der Waals surface area contributed by atoms with Gasteiger partial charge in [-0.3, -0.25) is 4.79 Å². The first-order valence-corrected chi connectivity index (χ1v) is 7.53. The summed E-state index contributed by atoms with van der Waals surface area (Å²) in [5.41, 5.74) is 4.96. The Labute approximate surface area is 132 Å². The van der Waals surface area contributed by atoms with Gasteiger partial charge in [0.05, 0.1) is 6.61 Å². The summed E-state index contributed by atoms with van der Waals surface area (Å²) in [7, 11) is 1.66. The zero-order valence-electron chi connectivity index (χ0n) is 13.7. The predicted octanol–water partition coefficient (Wildman–Crippen LogP) is 4.12. The van der Waals surface area contributed by atoms with Gasteiger partial charge in [-0.1, -0.05) is 18.2 Å². The molecule has 22 heavy (non-hydrogen) atoms. The second-order valence-corrected chi connectivity index (χ2v) is 5.53. The first-order valence-electron chi connectivity index (χ1n) is 7.53. The molecule has 3 nitrogen and oxygen atoms in total. The summed E-state index contributed by atoms with van der Waals surface area (Å²) < 4.78 is 5.14. The van der Waals surface area contributed by atoms with E-state index in [1.165, 1.54) is 0 Å². The Kier molecular flexibility index (Phi) is 5.34. The Balaban J connectivity index is 2.34. The van der Waals surface area contributed by atoms with Gasteiger partial charge in [0.15, 0.2) is 0 Å². The maximum Gasteiger partial charge on any atom is 0.258 e. The summed E-state index contributed by atoms with van der Waals surface area (Å²) in [6.45, 7) is 7.24. The maximum absolute atomic E-state index is 12.8. The van der Waals surface area contributed by atoms with Crippen molar-refractivity contribution in [3.8, 4) is 0 Å². The second kappa shape index (κ2) is 7.23. The molecular weight excluding hydrogens is 274 g/mol. The number of anilines is 1. The zero-order chi connectivity index (χ0) is 16.1. The van der Waals surface area contributed by atoms with E-state index in [1.807, 2.05) is 62.1 Å². The van der Waals surface area contributed by atoms with Crippen LogP contribution in [0, 0.1) is 13.8 Å². The van der Waals surface area contributed by atoms with Gasteiger partial charge in [-0.15, -0.1) is 0 Å². The van der Waals surface area contributed by atoms with Gasteiger partial charge in [0.2, 0.25) is 0 Å². The lowest BCUT2D eigenvalue weighted by atomic mass is 10.1. The summed E-state index contributed by atoms with van der Waals surface area (Å²) in [5.74, 6) is 0.0189. The Hall–Kier alpha value is -2.13. The van der Waals surface area contributed by atoms with E-state index < -0.39 is 0 Å². The van der Waals surface area contributed by atoms with E-state index in [9.17, 15) is 4.79 Å². The summed E-state index contributed by atoms with van der Waals surface area (Å²) in [6.07, 6.45) is 0. The van der Waals surface area contributed by atoms with Crippen LogP contribution in [0.1, 0.15) is 34.0 Å². The molecule has 2 aromatic rings. The van der Waals surface area contributed by atoms with Gasteiger partial charge in [-0.05, 0) is 61.7 Å². The molecule has 0 heterocycles. The van der Waals surface area contributed by atoms with Crippen molar-refractivity contribution in [1.82, 2.24) is 0 Å². The number of hydrogen-bond donors (Lipinski definition) is 0. The van der Waals surface area contributed by atoms with Crippen LogP contribution in [0.4, 0.5) is 5.69 Å². The van der Waals surface area contributed by atoms with E-state index in [0.29, 0.717) is 18.7 Å². The molecule has 0 radical (unpaired) electrons. The maximum atomic E-state index is 12.8. The Morgan fingerprint density at radius 3 is 2.36 bits per heavy atom. The SMILES string of the molecule is CCN(C(=O)c1cccc(COC)c1)c1cc(C)cc(C)c1. The van der Waals surface area contributed by atoms with Crippen LogP contribution in [0.3, 0.4) is 0 Å². The lowest BCUT2D eigenvalue weighted by Gasteiger charge is -2.22. The van der Waals surface area contributed by atoms with Gasteiger partial charge in [0.25, 0.3) is 5.91 Å². The molecule has 3 heteroatoms. The van der Waals surface area contributed by atoms with Crippen LogP contribution in [0.15, 0.2) is 42.5 Å². The van der Waals surface area contributed by atoms with Crippen molar-refractivity contribution in [2.45, 2.75) is 27.4 Å². The first-order chi connectivity index (χ1) is 10.5. The number of carbonyl (C=O) groups excluding carboxylic acids is 1. The fourth-order valence-corrected chi connectivity index (χ4v) is 2.67. The first kappa shape index (κ1) is 16.2.